The first-order valence-electron chi connectivity index (χ1n) is 20.5. The number of carbonyl (C=O) groups excluding carboxylic acids is 3. The predicted molar refractivity (Wildman–Crippen MR) is 222 cm³/mol. The lowest BCUT2D eigenvalue weighted by atomic mass is 10.1. The number of rotatable bonds is 15. The number of carboxylic acid groups (broad SMARTS) is 1. The first-order valence-corrected chi connectivity index (χ1v) is 20.5. The molecule has 3 aromatic rings. The van der Waals surface area contributed by atoms with E-state index in [9.17, 15) is 24.3 Å². The second-order valence-electron chi connectivity index (χ2n) is 18.7. The van der Waals surface area contributed by atoms with Crippen molar-refractivity contribution in [1.29, 1.82) is 0 Å². The summed E-state index contributed by atoms with van der Waals surface area (Å²) in [5.41, 5.74) is -0.664. The Morgan fingerprint density at radius 2 is 1.49 bits per heavy atom. The van der Waals surface area contributed by atoms with Gasteiger partial charge < -0.3 is 48.6 Å². The van der Waals surface area contributed by atoms with E-state index < -0.39 is 77.4 Å². The molecule has 2 aromatic heterocycles. The van der Waals surface area contributed by atoms with Gasteiger partial charge in [-0.2, -0.15) is 0 Å². The number of amides is 3. The molecule has 5 atom stereocenters. The molecule has 1 unspecified atom stereocenters. The summed E-state index contributed by atoms with van der Waals surface area (Å²) in [5.74, 6) is -2.04. The summed E-state index contributed by atoms with van der Waals surface area (Å²) >= 11 is 0. The SMILES string of the molecule is CC(C)(C)OC(=O)Nc1ncnc2c1ncn2[C@@H]1O[C@H](CN(CCCN(Cc2ccccc2)C(=O)OC(C)(C)C)CCC(NC(=O)OC(C)(C)C)C(=O)O)[C@H]2OC(C)(C)O[C@H]21. The van der Waals surface area contributed by atoms with E-state index in [-0.39, 0.29) is 25.3 Å². The Bertz CT molecular complexity index is 1990. The standard InChI is InChI=1S/C42H62N8O11/c1-39(2,3)59-36(53)46-27(35(51)52)18-21-48(19-15-20-49(38(55)61-41(7,8)9)22-26-16-13-12-14-17-26)23-28-30-31(58-42(10,11)57-30)34(56-28)50-25-45-29-32(43-24-44-33(29)50)47-37(54)60-40(4,5)6/h12-14,16-17,24-25,27-28,30-31,34H,15,18-23H2,1-11H3,(H,46,53)(H,51,52)(H,43,44,47,54)/t27?,28-,30-,31-,34-/m1/s1. The summed E-state index contributed by atoms with van der Waals surface area (Å²) in [6.45, 7) is 20.9. The van der Waals surface area contributed by atoms with Crippen LogP contribution in [0.3, 0.4) is 0 Å². The second kappa shape index (κ2) is 18.9. The molecule has 4 heterocycles. The van der Waals surface area contributed by atoms with E-state index >= 15 is 0 Å². The van der Waals surface area contributed by atoms with Gasteiger partial charge in [0.15, 0.2) is 29.0 Å². The zero-order valence-electron chi connectivity index (χ0n) is 37.1. The summed E-state index contributed by atoms with van der Waals surface area (Å²) in [7, 11) is 0. The lowest BCUT2D eigenvalue weighted by Gasteiger charge is -2.31. The molecular formula is C42H62N8O11. The molecule has 0 spiro atoms. The number of nitrogens with zero attached hydrogens (tertiary/aromatic N) is 6. The minimum Gasteiger partial charge on any atom is -0.480 e. The van der Waals surface area contributed by atoms with Crippen molar-refractivity contribution in [2.45, 2.75) is 149 Å². The van der Waals surface area contributed by atoms with Crippen LogP contribution in [0, 0.1) is 0 Å². The third kappa shape index (κ3) is 13.7. The Kier molecular flexibility index (Phi) is 14.5. The van der Waals surface area contributed by atoms with Crippen LogP contribution in [0.25, 0.3) is 11.2 Å². The van der Waals surface area contributed by atoms with E-state index in [1.165, 1.54) is 12.7 Å². The molecule has 19 heteroatoms. The average Bonchev–Trinajstić information content (AvgIpc) is 3.78. The van der Waals surface area contributed by atoms with E-state index in [1.54, 1.807) is 51.0 Å². The molecule has 5 rings (SSSR count). The molecule has 0 aliphatic carbocycles. The zero-order chi connectivity index (χ0) is 44.9. The number of carboxylic acids is 1. The van der Waals surface area contributed by atoms with Crippen LogP contribution in [0.2, 0.25) is 0 Å². The minimum atomic E-state index is -1.26. The van der Waals surface area contributed by atoms with Gasteiger partial charge in [0.1, 0.15) is 47.5 Å². The van der Waals surface area contributed by atoms with Crippen LogP contribution < -0.4 is 10.6 Å². The van der Waals surface area contributed by atoms with E-state index in [2.05, 4.69) is 25.6 Å². The van der Waals surface area contributed by atoms with Crippen LogP contribution in [0.1, 0.15) is 101 Å². The van der Waals surface area contributed by atoms with Crippen molar-refractivity contribution in [2.75, 3.05) is 31.5 Å². The number of nitrogens with one attached hydrogen (secondary N) is 2. The zero-order valence-corrected chi connectivity index (χ0v) is 37.1. The number of ether oxygens (including phenoxy) is 6. The van der Waals surface area contributed by atoms with E-state index in [0.717, 1.165) is 5.56 Å². The Hall–Kier alpha value is -5.11. The number of hydrogen-bond acceptors (Lipinski definition) is 14. The molecular weight excluding hydrogens is 793 g/mol. The fourth-order valence-corrected chi connectivity index (χ4v) is 6.98. The Morgan fingerprint density at radius 1 is 0.852 bits per heavy atom. The van der Waals surface area contributed by atoms with Crippen LogP contribution in [0.15, 0.2) is 43.0 Å². The molecule has 3 N–H and O–H groups in total. The summed E-state index contributed by atoms with van der Waals surface area (Å²) in [5, 5.41) is 15.3. The monoisotopic (exact) mass is 854 g/mol. The Balaban J connectivity index is 1.39. The molecule has 2 aliphatic heterocycles. The molecule has 2 fully saturated rings. The van der Waals surface area contributed by atoms with Gasteiger partial charge in [-0.15, -0.1) is 0 Å². The van der Waals surface area contributed by atoms with Gasteiger partial charge in [0.05, 0.1) is 6.33 Å². The first-order chi connectivity index (χ1) is 28.4. The fourth-order valence-electron chi connectivity index (χ4n) is 6.98. The first kappa shape index (κ1) is 46.9. The van der Waals surface area contributed by atoms with Gasteiger partial charge in [0.25, 0.3) is 0 Å². The van der Waals surface area contributed by atoms with Crippen molar-refractivity contribution in [2.24, 2.45) is 0 Å². The number of carbonyl (C=O) groups is 4. The maximum atomic E-state index is 13.4. The van der Waals surface area contributed by atoms with E-state index in [0.29, 0.717) is 37.2 Å². The smallest absolute Gasteiger partial charge is 0.413 e. The Labute approximate surface area is 356 Å². The summed E-state index contributed by atoms with van der Waals surface area (Å²) in [6, 6.07) is 8.35. The quantitative estimate of drug-likeness (QED) is 0.147. The van der Waals surface area contributed by atoms with Crippen molar-refractivity contribution in [3.8, 4) is 0 Å². The van der Waals surface area contributed by atoms with Gasteiger partial charge >= 0.3 is 24.2 Å². The predicted octanol–water partition coefficient (Wildman–Crippen LogP) is 6.09. The molecule has 2 aliphatic rings. The molecule has 61 heavy (non-hydrogen) atoms. The van der Waals surface area contributed by atoms with Crippen LogP contribution in [0.5, 0.6) is 0 Å². The minimum absolute atomic E-state index is 0.0258. The number of aromatic nitrogens is 4. The summed E-state index contributed by atoms with van der Waals surface area (Å²) in [4.78, 5) is 68.0. The molecule has 2 saturated heterocycles. The van der Waals surface area contributed by atoms with Crippen molar-refractivity contribution in [3.05, 3.63) is 48.5 Å². The van der Waals surface area contributed by atoms with Gasteiger partial charge in [0.2, 0.25) is 0 Å². The summed E-state index contributed by atoms with van der Waals surface area (Å²) in [6.07, 6.45) is -1.24. The van der Waals surface area contributed by atoms with Crippen molar-refractivity contribution < 1.29 is 52.7 Å². The molecule has 336 valence electrons. The number of alkyl carbamates (subject to hydrolysis) is 1. The maximum absolute atomic E-state index is 13.4. The van der Waals surface area contributed by atoms with Crippen molar-refractivity contribution >= 4 is 41.2 Å². The average molecular weight is 855 g/mol. The number of fused-ring (bicyclic) bond motifs is 2. The highest BCUT2D eigenvalue weighted by molar-refractivity contribution is 5.93. The number of imidazole rings is 1. The third-order valence-corrected chi connectivity index (χ3v) is 9.31. The van der Waals surface area contributed by atoms with Crippen LogP contribution in [0.4, 0.5) is 20.2 Å². The van der Waals surface area contributed by atoms with Gasteiger partial charge in [0, 0.05) is 26.2 Å². The van der Waals surface area contributed by atoms with Gasteiger partial charge in [-0.25, -0.2) is 34.1 Å². The topological polar surface area (TPSA) is 218 Å². The second-order valence-corrected chi connectivity index (χ2v) is 18.7. The highest BCUT2D eigenvalue weighted by Crippen LogP contribution is 2.44. The van der Waals surface area contributed by atoms with Gasteiger partial charge in [-0.1, -0.05) is 30.3 Å². The molecule has 0 radical (unpaired) electrons. The van der Waals surface area contributed by atoms with Gasteiger partial charge in [-0.05, 0) is 101 Å². The van der Waals surface area contributed by atoms with Crippen LogP contribution in [-0.2, 0) is 39.8 Å². The lowest BCUT2D eigenvalue weighted by Crippen LogP contribution is -2.47. The highest BCUT2D eigenvalue weighted by atomic mass is 16.8. The fraction of sp³-hybridized carbons (Fsp3) is 0.643. The van der Waals surface area contributed by atoms with Crippen molar-refractivity contribution in [3.63, 3.8) is 0 Å². The van der Waals surface area contributed by atoms with Gasteiger partial charge in [-0.3, -0.25) is 9.88 Å². The molecule has 0 saturated carbocycles. The normalized spacial score (nSPS) is 20.5. The van der Waals surface area contributed by atoms with E-state index in [4.69, 9.17) is 28.4 Å². The number of aliphatic carboxylic acids is 1. The van der Waals surface area contributed by atoms with Crippen molar-refractivity contribution in [1.82, 2.24) is 34.6 Å². The lowest BCUT2D eigenvalue weighted by molar-refractivity contribution is -0.198. The largest absolute Gasteiger partial charge is 0.480 e. The maximum Gasteiger partial charge on any atom is 0.413 e. The number of anilines is 1. The molecule has 19 nitrogen and oxygen atoms in total. The molecule has 1 aromatic carbocycles. The highest BCUT2D eigenvalue weighted by Gasteiger charge is 2.56. The third-order valence-electron chi connectivity index (χ3n) is 9.31. The number of benzene rings is 1. The van der Waals surface area contributed by atoms with Crippen LogP contribution in [-0.4, -0.2) is 132 Å². The summed E-state index contributed by atoms with van der Waals surface area (Å²) < 4.78 is 37.8. The van der Waals surface area contributed by atoms with Crippen LogP contribution >= 0.6 is 0 Å². The van der Waals surface area contributed by atoms with E-state index in [1.807, 2.05) is 69.9 Å². The molecule has 3 amide bonds. The molecule has 0 bridgehead atoms. The Morgan fingerprint density at radius 3 is 2.13 bits per heavy atom. The number of hydrogen-bond donors (Lipinski definition) is 3.